The van der Waals surface area contributed by atoms with Crippen molar-refractivity contribution in [1.82, 2.24) is 25.5 Å². The summed E-state index contributed by atoms with van der Waals surface area (Å²) in [6.45, 7) is 0.715. The normalized spacial score (nSPS) is 19.5. The largest absolute Gasteiger partial charge is 0.306 e. The van der Waals surface area contributed by atoms with Crippen LogP contribution in [0.5, 0.6) is 0 Å². The first-order valence-electron chi connectivity index (χ1n) is 6.57. The zero-order valence-electron chi connectivity index (χ0n) is 10.7. The number of hydrogen-bond donors (Lipinski definition) is 1. The molecule has 19 heavy (non-hydrogen) atoms. The monoisotopic (exact) mass is 275 g/mol. The second-order valence-electron chi connectivity index (χ2n) is 4.64. The van der Waals surface area contributed by atoms with Crippen molar-refractivity contribution < 1.29 is 0 Å². The lowest BCUT2D eigenvalue weighted by atomic mass is 10.2. The third kappa shape index (κ3) is 3.13. The minimum absolute atomic E-state index is 0.583. The van der Waals surface area contributed by atoms with Gasteiger partial charge < -0.3 is 5.32 Å². The molecule has 1 aliphatic heterocycles. The molecule has 100 valence electrons. The van der Waals surface area contributed by atoms with Crippen LogP contribution in [0.15, 0.2) is 30.3 Å². The molecular weight excluding hydrogens is 258 g/mol. The van der Waals surface area contributed by atoms with Crippen LogP contribution in [0.1, 0.15) is 18.7 Å². The third-order valence-corrected chi connectivity index (χ3v) is 4.46. The number of para-hydroxylation sites is 1. The molecule has 0 aliphatic carbocycles. The molecule has 0 amide bonds. The van der Waals surface area contributed by atoms with Crippen LogP contribution in [0.2, 0.25) is 0 Å². The SMILES string of the molecule is c1ccc(-n2nnnc2CNC2CCCSC2)cc1. The van der Waals surface area contributed by atoms with Crippen molar-refractivity contribution in [2.24, 2.45) is 0 Å². The highest BCUT2D eigenvalue weighted by molar-refractivity contribution is 7.99. The molecule has 0 radical (unpaired) electrons. The summed E-state index contributed by atoms with van der Waals surface area (Å²) in [4.78, 5) is 0. The second kappa shape index (κ2) is 6.16. The molecule has 0 saturated carbocycles. The van der Waals surface area contributed by atoms with Gasteiger partial charge in [0.15, 0.2) is 5.82 Å². The van der Waals surface area contributed by atoms with Gasteiger partial charge in [0.1, 0.15) is 0 Å². The highest BCUT2D eigenvalue weighted by atomic mass is 32.2. The Bertz CT molecular complexity index is 507. The standard InChI is InChI=1S/C13H17N5S/c1-2-6-12(7-3-1)18-13(15-16-17-18)9-14-11-5-4-8-19-10-11/h1-3,6-7,11,14H,4-5,8-10H2. The van der Waals surface area contributed by atoms with Crippen molar-refractivity contribution in [2.75, 3.05) is 11.5 Å². The Labute approximate surface area is 116 Å². The van der Waals surface area contributed by atoms with E-state index in [0.717, 1.165) is 11.5 Å². The second-order valence-corrected chi connectivity index (χ2v) is 5.79. The molecular formula is C13H17N5S. The van der Waals surface area contributed by atoms with E-state index in [9.17, 15) is 0 Å². The zero-order chi connectivity index (χ0) is 12.9. The number of aromatic nitrogens is 4. The van der Waals surface area contributed by atoms with Crippen LogP contribution in [0, 0.1) is 0 Å². The molecule has 1 saturated heterocycles. The Morgan fingerprint density at radius 3 is 3.00 bits per heavy atom. The van der Waals surface area contributed by atoms with Crippen LogP contribution in [0.3, 0.4) is 0 Å². The summed E-state index contributed by atoms with van der Waals surface area (Å²) in [5, 5.41) is 15.5. The predicted molar refractivity (Wildman–Crippen MR) is 76.3 cm³/mol. The number of benzene rings is 1. The van der Waals surface area contributed by atoms with Gasteiger partial charge >= 0.3 is 0 Å². The molecule has 5 nitrogen and oxygen atoms in total. The number of rotatable bonds is 4. The zero-order valence-corrected chi connectivity index (χ0v) is 11.5. The van der Waals surface area contributed by atoms with Crippen molar-refractivity contribution in [1.29, 1.82) is 0 Å². The van der Waals surface area contributed by atoms with Crippen LogP contribution >= 0.6 is 11.8 Å². The van der Waals surface area contributed by atoms with Gasteiger partial charge in [-0.15, -0.1) is 5.10 Å². The Kier molecular flexibility index (Phi) is 4.10. The lowest BCUT2D eigenvalue weighted by molar-refractivity contribution is 0.494. The van der Waals surface area contributed by atoms with Gasteiger partial charge in [-0.1, -0.05) is 18.2 Å². The first-order valence-corrected chi connectivity index (χ1v) is 7.73. The summed E-state index contributed by atoms with van der Waals surface area (Å²) in [7, 11) is 0. The summed E-state index contributed by atoms with van der Waals surface area (Å²) < 4.78 is 1.79. The van der Waals surface area contributed by atoms with E-state index in [0.29, 0.717) is 12.6 Å². The van der Waals surface area contributed by atoms with Crippen LogP contribution in [-0.2, 0) is 6.54 Å². The molecule has 2 heterocycles. The van der Waals surface area contributed by atoms with E-state index < -0.39 is 0 Å². The molecule has 1 aliphatic rings. The quantitative estimate of drug-likeness (QED) is 0.919. The van der Waals surface area contributed by atoms with Gasteiger partial charge in [0.25, 0.3) is 0 Å². The van der Waals surface area contributed by atoms with E-state index in [1.165, 1.54) is 24.3 Å². The highest BCUT2D eigenvalue weighted by Gasteiger charge is 2.15. The Morgan fingerprint density at radius 1 is 1.32 bits per heavy atom. The van der Waals surface area contributed by atoms with E-state index in [4.69, 9.17) is 0 Å². The Hall–Kier alpha value is -1.40. The molecule has 0 spiro atoms. The first-order chi connectivity index (χ1) is 9.43. The number of nitrogens with one attached hydrogen (secondary N) is 1. The topological polar surface area (TPSA) is 55.6 Å². The van der Waals surface area contributed by atoms with Gasteiger partial charge in [0.05, 0.1) is 12.2 Å². The molecule has 1 aromatic heterocycles. The number of hydrogen-bond acceptors (Lipinski definition) is 5. The van der Waals surface area contributed by atoms with Gasteiger partial charge in [-0.2, -0.15) is 16.4 Å². The molecule has 1 fully saturated rings. The van der Waals surface area contributed by atoms with Gasteiger partial charge in [0.2, 0.25) is 0 Å². The Balaban J connectivity index is 1.67. The fraction of sp³-hybridized carbons (Fsp3) is 0.462. The molecule has 0 bridgehead atoms. The maximum atomic E-state index is 4.11. The number of nitrogens with zero attached hydrogens (tertiary/aromatic N) is 4. The summed E-state index contributed by atoms with van der Waals surface area (Å²) in [5.41, 5.74) is 1.00. The van der Waals surface area contributed by atoms with Gasteiger partial charge in [-0.25, -0.2) is 0 Å². The molecule has 2 aromatic rings. The van der Waals surface area contributed by atoms with Gasteiger partial charge in [-0.05, 0) is 41.2 Å². The van der Waals surface area contributed by atoms with Crippen molar-refractivity contribution in [3.8, 4) is 5.69 Å². The van der Waals surface area contributed by atoms with Gasteiger partial charge in [-0.3, -0.25) is 0 Å². The van der Waals surface area contributed by atoms with E-state index >= 15 is 0 Å². The van der Waals surface area contributed by atoms with Crippen LogP contribution in [-0.4, -0.2) is 37.8 Å². The summed E-state index contributed by atoms with van der Waals surface area (Å²) >= 11 is 2.02. The van der Waals surface area contributed by atoms with Crippen LogP contribution in [0.4, 0.5) is 0 Å². The average molecular weight is 275 g/mol. The molecule has 1 N–H and O–H groups in total. The van der Waals surface area contributed by atoms with Crippen molar-refractivity contribution >= 4 is 11.8 Å². The molecule has 6 heteroatoms. The van der Waals surface area contributed by atoms with Crippen LogP contribution in [0.25, 0.3) is 5.69 Å². The maximum absolute atomic E-state index is 4.11. The minimum atomic E-state index is 0.583. The van der Waals surface area contributed by atoms with Crippen molar-refractivity contribution in [2.45, 2.75) is 25.4 Å². The lowest BCUT2D eigenvalue weighted by Crippen LogP contribution is -2.34. The minimum Gasteiger partial charge on any atom is -0.306 e. The third-order valence-electron chi connectivity index (χ3n) is 3.24. The summed E-state index contributed by atoms with van der Waals surface area (Å²) in [6.07, 6.45) is 2.55. The fourth-order valence-corrected chi connectivity index (χ4v) is 3.33. The molecule has 1 atom stereocenters. The first kappa shape index (κ1) is 12.6. The van der Waals surface area contributed by atoms with Gasteiger partial charge in [0, 0.05) is 11.8 Å². The summed E-state index contributed by atoms with van der Waals surface area (Å²) in [6, 6.07) is 10.6. The van der Waals surface area contributed by atoms with E-state index in [2.05, 4.69) is 20.8 Å². The Morgan fingerprint density at radius 2 is 2.21 bits per heavy atom. The predicted octanol–water partition coefficient (Wildman–Crippen LogP) is 1.65. The average Bonchev–Trinajstić information content (AvgIpc) is 2.95. The van der Waals surface area contributed by atoms with Crippen molar-refractivity contribution in [3.05, 3.63) is 36.2 Å². The molecule has 1 aromatic carbocycles. The van der Waals surface area contributed by atoms with E-state index in [1.807, 2.05) is 42.1 Å². The van der Waals surface area contributed by atoms with Crippen molar-refractivity contribution in [3.63, 3.8) is 0 Å². The summed E-state index contributed by atoms with van der Waals surface area (Å²) in [5.74, 6) is 3.34. The van der Waals surface area contributed by atoms with E-state index in [-0.39, 0.29) is 0 Å². The number of thioether (sulfide) groups is 1. The van der Waals surface area contributed by atoms with E-state index in [1.54, 1.807) is 4.68 Å². The van der Waals surface area contributed by atoms with Crippen LogP contribution < -0.4 is 5.32 Å². The molecule has 3 rings (SSSR count). The fourth-order valence-electron chi connectivity index (χ4n) is 2.22. The smallest absolute Gasteiger partial charge is 0.170 e. The number of tetrazole rings is 1. The highest BCUT2D eigenvalue weighted by Crippen LogP contribution is 2.17. The maximum Gasteiger partial charge on any atom is 0.170 e. The lowest BCUT2D eigenvalue weighted by Gasteiger charge is -2.22. The molecule has 1 unspecified atom stereocenters.